The van der Waals surface area contributed by atoms with Gasteiger partial charge in [0.2, 0.25) is 5.91 Å². The molecule has 0 aromatic carbocycles. The molecule has 0 aromatic rings. The van der Waals surface area contributed by atoms with Gasteiger partial charge >= 0.3 is 12.1 Å². The fraction of sp³-hybridized carbons (Fsp3) is 0.778. The van der Waals surface area contributed by atoms with Crippen LogP contribution in [-0.4, -0.2) is 73.7 Å². The van der Waals surface area contributed by atoms with Gasteiger partial charge in [0.05, 0.1) is 32.7 Å². The van der Waals surface area contributed by atoms with Gasteiger partial charge in [0.15, 0.2) is 5.78 Å². The number of amides is 2. The number of esters is 1. The van der Waals surface area contributed by atoms with E-state index in [1.165, 1.54) is 19.1 Å². The van der Waals surface area contributed by atoms with Crippen molar-refractivity contribution < 1.29 is 33.4 Å². The van der Waals surface area contributed by atoms with Gasteiger partial charge in [-0.15, -0.1) is 0 Å². The van der Waals surface area contributed by atoms with Crippen LogP contribution in [0.5, 0.6) is 0 Å². The van der Waals surface area contributed by atoms with E-state index >= 15 is 0 Å². The highest BCUT2D eigenvalue weighted by molar-refractivity contribution is 5.91. The first-order chi connectivity index (χ1) is 12.6. The maximum absolute atomic E-state index is 12.6. The molecule has 0 unspecified atom stereocenters. The molecule has 27 heavy (non-hydrogen) atoms. The van der Waals surface area contributed by atoms with Gasteiger partial charge in [0, 0.05) is 13.5 Å². The van der Waals surface area contributed by atoms with E-state index in [1.807, 2.05) is 0 Å². The highest BCUT2D eigenvalue weighted by atomic mass is 16.6. The first kappa shape index (κ1) is 22.9. The van der Waals surface area contributed by atoms with E-state index in [4.69, 9.17) is 9.47 Å². The highest BCUT2D eigenvalue weighted by Crippen LogP contribution is 2.27. The van der Waals surface area contributed by atoms with Crippen molar-refractivity contribution in [2.45, 2.75) is 64.1 Å². The number of methoxy groups -OCH3 is 2. The van der Waals surface area contributed by atoms with E-state index in [9.17, 15) is 19.2 Å². The molecule has 0 bridgehead atoms. The van der Waals surface area contributed by atoms with Crippen LogP contribution in [-0.2, 0) is 28.6 Å². The summed E-state index contributed by atoms with van der Waals surface area (Å²) < 4.78 is 15.0. The largest absolute Gasteiger partial charge is 0.469 e. The Morgan fingerprint density at radius 3 is 2.30 bits per heavy atom. The molecule has 1 heterocycles. The Balaban J connectivity index is 2.68. The van der Waals surface area contributed by atoms with Crippen molar-refractivity contribution in [3.63, 3.8) is 0 Å². The molecule has 2 atom stereocenters. The van der Waals surface area contributed by atoms with Crippen LogP contribution in [0.3, 0.4) is 0 Å². The maximum atomic E-state index is 12.6. The van der Waals surface area contributed by atoms with E-state index < -0.39 is 29.6 Å². The van der Waals surface area contributed by atoms with E-state index in [1.54, 1.807) is 20.8 Å². The molecule has 1 aliphatic heterocycles. The summed E-state index contributed by atoms with van der Waals surface area (Å²) in [5.41, 5.74) is -0.692. The van der Waals surface area contributed by atoms with Crippen molar-refractivity contribution in [2.24, 2.45) is 0 Å². The molecule has 0 aliphatic carbocycles. The van der Waals surface area contributed by atoms with Gasteiger partial charge in [0.1, 0.15) is 11.6 Å². The minimum atomic E-state index is -0.728. The third kappa shape index (κ3) is 7.54. The van der Waals surface area contributed by atoms with Crippen LogP contribution in [0.25, 0.3) is 0 Å². The number of Topliss-reactive ketones (excluding diaryl/α,β-unsaturated/α-hetero) is 1. The lowest BCUT2D eigenvalue weighted by Gasteiger charge is -2.31. The molecule has 9 heteroatoms. The predicted octanol–water partition coefficient (Wildman–Crippen LogP) is 1.04. The lowest BCUT2D eigenvalue weighted by atomic mass is 10.2. The van der Waals surface area contributed by atoms with Crippen LogP contribution >= 0.6 is 0 Å². The lowest BCUT2D eigenvalue weighted by Crippen LogP contribution is -2.52. The molecule has 0 saturated carbocycles. The summed E-state index contributed by atoms with van der Waals surface area (Å²) in [4.78, 5) is 49.3. The average molecular weight is 386 g/mol. The molecule has 2 amide bonds. The van der Waals surface area contributed by atoms with Gasteiger partial charge in [-0.25, -0.2) is 4.79 Å². The van der Waals surface area contributed by atoms with Crippen LogP contribution in [0.4, 0.5) is 4.79 Å². The topological polar surface area (TPSA) is 111 Å². The van der Waals surface area contributed by atoms with Gasteiger partial charge in [-0.2, -0.15) is 0 Å². The number of ether oxygens (including phenoxy) is 3. The Kier molecular flexibility index (Phi) is 8.68. The number of likely N-dealkylation sites (tertiary alicyclic amines) is 1. The number of nitrogens with zero attached hydrogens (tertiary/aromatic N) is 1. The summed E-state index contributed by atoms with van der Waals surface area (Å²) in [6.45, 7) is 5.34. The molecule has 1 rings (SSSR count). The molecule has 0 radical (unpaired) electrons. The summed E-state index contributed by atoms with van der Waals surface area (Å²) >= 11 is 0. The number of hydrogen-bond acceptors (Lipinski definition) is 7. The van der Waals surface area contributed by atoms with Crippen LogP contribution in [0, 0.1) is 0 Å². The number of carbonyl (C=O) groups excluding carboxylic acids is 4. The normalized spacial score (nSPS) is 19.5. The molecule has 154 valence electrons. The summed E-state index contributed by atoms with van der Waals surface area (Å²) in [5.74, 6) is -1.20. The van der Waals surface area contributed by atoms with Crippen molar-refractivity contribution in [1.29, 1.82) is 0 Å². The summed E-state index contributed by atoms with van der Waals surface area (Å²) in [6.07, 6.45) is 0.421. The molecule has 1 saturated heterocycles. The first-order valence-electron chi connectivity index (χ1n) is 8.95. The van der Waals surface area contributed by atoms with Crippen LogP contribution in [0.15, 0.2) is 0 Å². The lowest BCUT2D eigenvalue weighted by molar-refractivity contribution is -0.141. The van der Waals surface area contributed by atoms with Gasteiger partial charge in [0.25, 0.3) is 0 Å². The Labute approximate surface area is 159 Å². The Hall–Kier alpha value is -2.16. The van der Waals surface area contributed by atoms with Crippen molar-refractivity contribution in [2.75, 3.05) is 27.4 Å². The van der Waals surface area contributed by atoms with E-state index in [2.05, 4.69) is 10.1 Å². The smallest absolute Gasteiger partial charge is 0.411 e. The Morgan fingerprint density at radius 1 is 1.07 bits per heavy atom. The maximum Gasteiger partial charge on any atom is 0.411 e. The number of hydrogen-bond donors (Lipinski definition) is 1. The molecule has 1 fully saturated rings. The zero-order chi connectivity index (χ0) is 20.6. The number of ketones is 1. The van der Waals surface area contributed by atoms with E-state index in [0.717, 1.165) is 0 Å². The van der Waals surface area contributed by atoms with Gasteiger partial charge in [-0.1, -0.05) is 0 Å². The van der Waals surface area contributed by atoms with Crippen molar-refractivity contribution in [3.8, 4) is 0 Å². The Bertz CT molecular complexity index is 556. The minimum absolute atomic E-state index is 0.0142. The predicted molar refractivity (Wildman–Crippen MR) is 96.0 cm³/mol. The fourth-order valence-corrected chi connectivity index (χ4v) is 2.82. The SMILES string of the molecule is COC[C@@H]1CC[C@@H](C(=O)NCC(=O)CCC(=O)OC)N1C(=O)OC(C)(C)C. The van der Waals surface area contributed by atoms with Crippen LogP contribution in [0.1, 0.15) is 46.5 Å². The first-order valence-corrected chi connectivity index (χ1v) is 8.95. The summed E-state index contributed by atoms with van der Waals surface area (Å²) in [6, 6.07) is -0.996. The number of nitrogens with one attached hydrogen (secondary N) is 1. The molecule has 9 nitrogen and oxygen atoms in total. The standard InChI is InChI=1S/C18H30N2O7/c1-18(2,3)27-17(24)20-12(11-25-4)6-8-14(20)16(23)19-10-13(21)7-9-15(22)26-5/h12,14H,6-11H2,1-5H3,(H,19,23)/t12-,14-/m0/s1. The third-order valence-corrected chi connectivity index (χ3v) is 4.06. The van der Waals surface area contributed by atoms with Crippen molar-refractivity contribution >= 4 is 23.8 Å². The van der Waals surface area contributed by atoms with Gasteiger partial charge in [-0.05, 0) is 33.6 Å². The molecule has 0 aromatic heterocycles. The average Bonchev–Trinajstić information content (AvgIpc) is 3.00. The molecule has 0 spiro atoms. The van der Waals surface area contributed by atoms with E-state index in [-0.39, 0.29) is 31.2 Å². The van der Waals surface area contributed by atoms with Crippen LogP contribution in [0.2, 0.25) is 0 Å². The molecule has 1 aliphatic rings. The molecular weight excluding hydrogens is 356 g/mol. The van der Waals surface area contributed by atoms with Gasteiger partial charge in [-0.3, -0.25) is 19.3 Å². The third-order valence-electron chi connectivity index (χ3n) is 4.06. The fourth-order valence-electron chi connectivity index (χ4n) is 2.82. The quantitative estimate of drug-likeness (QED) is 0.620. The molecular formula is C18H30N2O7. The van der Waals surface area contributed by atoms with Crippen LogP contribution < -0.4 is 5.32 Å². The summed E-state index contributed by atoms with van der Waals surface area (Å²) in [5, 5.41) is 2.55. The zero-order valence-corrected chi connectivity index (χ0v) is 16.7. The number of rotatable bonds is 8. The monoisotopic (exact) mass is 386 g/mol. The van der Waals surface area contributed by atoms with Gasteiger partial charge < -0.3 is 19.5 Å². The Morgan fingerprint density at radius 2 is 1.74 bits per heavy atom. The number of carbonyl (C=O) groups is 4. The minimum Gasteiger partial charge on any atom is -0.469 e. The second kappa shape index (κ2) is 10.2. The highest BCUT2D eigenvalue weighted by Gasteiger charge is 2.42. The van der Waals surface area contributed by atoms with Crippen molar-refractivity contribution in [3.05, 3.63) is 0 Å². The zero-order valence-electron chi connectivity index (χ0n) is 16.7. The van der Waals surface area contributed by atoms with Crippen molar-refractivity contribution in [1.82, 2.24) is 10.2 Å². The second-order valence-electron chi connectivity index (χ2n) is 7.42. The van der Waals surface area contributed by atoms with E-state index in [0.29, 0.717) is 19.4 Å². The molecule has 1 N–H and O–H groups in total. The summed E-state index contributed by atoms with van der Waals surface area (Å²) in [7, 11) is 2.77. The second-order valence-corrected chi connectivity index (χ2v) is 7.42.